The molecule has 2 rings (SSSR count). The Morgan fingerprint density at radius 3 is 2.62 bits per heavy atom. The first-order chi connectivity index (χ1) is 11.5. The first-order valence-electron chi connectivity index (χ1n) is 7.50. The van der Waals surface area contributed by atoms with Crippen molar-refractivity contribution < 1.29 is 24.9 Å². The summed E-state index contributed by atoms with van der Waals surface area (Å²) in [6.07, 6.45) is -1.36. The molecule has 1 aromatic rings. The van der Waals surface area contributed by atoms with Crippen molar-refractivity contribution in [2.75, 3.05) is 6.61 Å². The fraction of sp³-hybridized carbons (Fsp3) is 0.375. The molecule has 0 aliphatic carbocycles. The van der Waals surface area contributed by atoms with Crippen molar-refractivity contribution in [1.29, 1.82) is 5.41 Å². The largest absolute Gasteiger partial charge is 0.390 e. The number of hydrogen-bond acceptors (Lipinski definition) is 7. The van der Waals surface area contributed by atoms with Crippen LogP contribution in [0.2, 0.25) is 0 Å². The van der Waals surface area contributed by atoms with E-state index in [4.69, 9.17) is 10.1 Å². The van der Waals surface area contributed by atoms with Crippen LogP contribution in [0, 0.1) is 5.41 Å². The van der Waals surface area contributed by atoms with Crippen LogP contribution >= 0.6 is 0 Å². The molecule has 0 saturated carbocycles. The van der Waals surface area contributed by atoms with Crippen molar-refractivity contribution in [3.8, 4) is 0 Å². The average molecular weight is 335 g/mol. The Morgan fingerprint density at radius 1 is 1.21 bits per heavy atom. The zero-order valence-electron chi connectivity index (χ0n) is 12.9. The summed E-state index contributed by atoms with van der Waals surface area (Å²) < 4.78 is 5.30. The third-order valence-corrected chi connectivity index (χ3v) is 3.53. The molecule has 1 aliphatic heterocycles. The maximum absolute atomic E-state index is 11.9. The summed E-state index contributed by atoms with van der Waals surface area (Å²) in [4.78, 5) is 11.9. The highest BCUT2D eigenvalue weighted by molar-refractivity contribution is 6.08. The zero-order chi connectivity index (χ0) is 17.5. The molecule has 2 unspecified atom stereocenters. The van der Waals surface area contributed by atoms with Crippen molar-refractivity contribution in [3.05, 3.63) is 48.2 Å². The number of nitrogens with one attached hydrogen (secondary N) is 3. The molecule has 8 nitrogen and oxygen atoms in total. The Morgan fingerprint density at radius 2 is 1.92 bits per heavy atom. The molecule has 4 atom stereocenters. The number of ether oxygens (including phenoxy) is 1. The standard InChI is InChI=1S/C16H21N3O5/c17-13(19-16(23)10-4-2-1-3-5-10)6-7-18-14-8-11(20)15(22)12(21)9-24-14/h1-7,11-12,14-15,18,20-22H,8-9H2,(H2,17,19,23)/b7-6-/t11?,12-,14-,15?/m1/s1. The van der Waals surface area contributed by atoms with E-state index in [1.165, 1.54) is 12.3 Å². The quantitative estimate of drug-likeness (QED) is 0.319. The lowest BCUT2D eigenvalue weighted by atomic mass is 10.1. The van der Waals surface area contributed by atoms with Gasteiger partial charge in [-0.3, -0.25) is 10.2 Å². The smallest absolute Gasteiger partial charge is 0.256 e. The van der Waals surface area contributed by atoms with E-state index in [2.05, 4.69) is 10.6 Å². The van der Waals surface area contributed by atoms with Crippen LogP contribution in [0.5, 0.6) is 0 Å². The van der Waals surface area contributed by atoms with Gasteiger partial charge in [-0.25, -0.2) is 0 Å². The van der Waals surface area contributed by atoms with E-state index in [0.29, 0.717) is 5.56 Å². The summed E-state index contributed by atoms with van der Waals surface area (Å²) in [5.74, 6) is -0.511. The molecule has 130 valence electrons. The minimum Gasteiger partial charge on any atom is -0.390 e. The van der Waals surface area contributed by atoms with Gasteiger partial charge in [0.1, 0.15) is 24.3 Å². The van der Waals surface area contributed by atoms with E-state index < -0.39 is 30.4 Å². The molecule has 1 aromatic carbocycles. The molecule has 1 heterocycles. The number of aliphatic hydroxyl groups is 3. The number of hydrogen-bond donors (Lipinski definition) is 6. The van der Waals surface area contributed by atoms with Crippen LogP contribution in [0.3, 0.4) is 0 Å². The van der Waals surface area contributed by atoms with E-state index in [9.17, 15) is 20.1 Å². The Kier molecular flexibility index (Phi) is 6.44. The summed E-state index contributed by atoms with van der Waals surface area (Å²) in [7, 11) is 0. The minimum atomic E-state index is -1.26. The van der Waals surface area contributed by atoms with Crippen LogP contribution < -0.4 is 10.6 Å². The molecule has 1 amide bonds. The van der Waals surface area contributed by atoms with Gasteiger partial charge in [0.05, 0.1) is 12.7 Å². The first kappa shape index (κ1) is 18.1. The molecule has 0 aromatic heterocycles. The molecule has 0 spiro atoms. The molecule has 1 saturated heterocycles. The molecule has 8 heteroatoms. The van der Waals surface area contributed by atoms with Crippen LogP contribution in [0.4, 0.5) is 0 Å². The Bertz CT molecular complexity index is 593. The number of benzene rings is 1. The summed E-state index contributed by atoms with van der Waals surface area (Å²) in [5, 5.41) is 41.7. The van der Waals surface area contributed by atoms with Crippen LogP contribution in [0.15, 0.2) is 42.6 Å². The Hall–Kier alpha value is -2.26. The number of carbonyl (C=O) groups excluding carboxylic acids is 1. The van der Waals surface area contributed by atoms with Gasteiger partial charge < -0.3 is 30.7 Å². The highest BCUT2D eigenvalue weighted by Crippen LogP contribution is 2.13. The van der Waals surface area contributed by atoms with Crippen molar-refractivity contribution in [3.63, 3.8) is 0 Å². The van der Waals surface area contributed by atoms with Gasteiger partial charge in [0.25, 0.3) is 5.91 Å². The maximum Gasteiger partial charge on any atom is 0.256 e. The van der Waals surface area contributed by atoms with Crippen molar-refractivity contribution >= 4 is 11.7 Å². The lowest BCUT2D eigenvalue weighted by Crippen LogP contribution is -2.38. The number of amidine groups is 1. The van der Waals surface area contributed by atoms with Gasteiger partial charge in [0.15, 0.2) is 0 Å². The third kappa shape index (κ3) is 5.14. The van der Waals surface area contributed by atoms with Crippen molar-refractivity contribution in [2.45, 2.75) is 31.0 Å². The van der Waals surface area contributed by atoms with E-state index >= 15 is 0 Å². The number of amides is 1. The molecule has 24 heavy (non-hydrogen) atoms. The molecule has 0 bridgehead atoms. The van der Waals surface area contributed by atoms with Gasteiger partial charge in [-0.1, -0.05) is 18.2 Å². The predicted octanol–water partition coefficient (Wildman–Crippen LogP) is -0.674. The van der Waals surface area contributed by atoms with Gasteiger partial charge in [-0.15, -0.1) is 0 Å². The second-order valence-corrected chi connectivity index (χ2v) is 5.42. The minimum absolute atomic E-state index is 0.0757. The monoisotopic (exact) mass is 335 g/mol. The highest BCUT2D eigenvalue weighted by atomic mass is 16.5. The SMILES string of the molecule is N=C(/C=C\N[C@H]1CC(O)C(O)[C@H](O)CO1)NC(=O)c1ccccc1. The van der Waals surface area contributed by atoms with Crippen molar-refractivity contribution in [1.82, 2.24) is 10.6 Å². The Labute approximate surface area is 139 Å². The van der Waals surface area contributed by atoms with Gasteiger partial charge >= 0.3 is 0 Å². The fourth-order valence-corrected chi connectivity index (χ4v) is 2.18. The first-order valence-corrected chi connectivity index (χ1v) is 7.50. The molecular formula is C16H21N3O5. The van der Waals surface area contributed by atoms with E-state index in [1.807, 2.05) is 0 Å². The summed E-state index contributed by atoms with van der Waals surface area (Å²) in [6, 6.07) is 8.53. The van der Waals surface area contributed by atoms with Crippen LogP contribution in [0.1, 0.15) is 16.8 Å². The molecule has 0 radical (unpaired) electrons. The number of aliphatic hydroxyl groups excluding tert-OH is 3. The lowest BCUT2D eigenvalue weighted by Gasteiger charge is -2.18. The normalized spacial score (nSPS) is 27.5. The Balaban J connectivity index is 1.81. The van der Waals surface area contributed by atoms with Gasteiger partial charge in [-0.2, -0.15) is 0 Å². The second-order valence-electron chi connectivity index (χ2n) is 5.42. The second kappa shape index (κ2) is 8.55. The summed E-state index contributed by atoms with van der Waals surface area (Å²) >= 11 is 0. The molecule has 1 aliphatic rings. The molecular weight excluding hydrogens is 314 g/mol. The maximum atomic E-state index is 11.9. The van der Waals surface area contributed by atoms with Gasteiger partial charge in [-0.05, 0) is 18.2 Å². The van der Waals surface area contributed by atoms with Gasteiger partial charge in [0, 0.05) is 18.2 Å². The predicted molar refractivity (Wildman–Crippen MR) is 86.3 cm³/mol. The molecule has 6 N–H and O–H groups in total. The number of carbonyl (C=O) groups is 1. The average Bonchev–Trinajstić information content (AvgIpc) is 2.69. The summed E-state index contributed by atoms with van der Waals surface area (Å²) in [5.41, 5.74) is 0.446. The lowest BCUT2D eigenvalue weighted by molar-refractivity contribution is -0.0631. The van der Waals surface area contributed by atoms with Crippen LogP contribution in [0.25, 0.3) is 0 Å². The van der Waals surface area contributed by atoms with Crippen LogP contribution in [-0.2, 0) is 4.74 Å². The fourth-order valence-electron chi connectivity index (χ4n) is 2.18. The summed E-state index contributed by atoms with van der Waals surface area (Å²) in [6.45, 7) is -0.119. The van der Waals surface area contributed by atoms with Gasteiger partial charge in [0.2, 0.25) is 0 Å². The van der Waals surface area contributed by atoms with E-state index in [0.717, 1.165) is 0 Å². The number of rotatable bonds is 4. The van der Waals surface area contributed by atoms with Crippen LogP contribution in [-0.4, -0.2) is 58.2 Å². The third-order valence-electron chi connectivity index (χ3n) is 3.53. The zero-order valence-corrected chi connectivity index (χ0v) is 12.9. The topological polar surface area (TPSA) is 135 Å². The highest BCUT2D eigenvalue weighted by Gasteiger charge is 2.31. The van der Waals surface area contributed by atoms with E-state index in [1.54, 1.807) is 30.3 Å². The van der Waals surface area contributed by atoms with Crippen molar-refractivity contribution in [2.24, 2.45) is 0 Å². The molecule has 1 fully saturated rings. The van der Waals surface area contributed by atoms with E-state index in [-0.39, 0.29) is 18.9 Å².